The Hall–Kier alpha value is -3.36. The molecule has 3 heterocycles. The van der Waals surface area contributed by atoms with E-state index in [1.807, 2.05) is 16.9 Å². The molecule has 1 aromatic carbocycles. The Kier molecular flexibility index (Phi) is 4.52. The number of nitrogens with zero attached hydrogens (tertiary/aromatic N) is 5. The van der Waals surface area contributed by atoms with E-state index in [2.05, 4.69) is 35.4 Å². The number of fused-ring (bicyclic) bond motifs is 3. The minimum absolute atomic E-state index is 0.211. The molecule has 4 rings (SSSR count). The third-order valence-electron chi connectivity index (χ3n) is 4.69. The number of hydrogen-bond donors (Lipinski definition) is 1. The fourth-order valence-electron chi connectivity index (χ4n) is 3.21. The molecule has 0 aliphatic carbocycles. The van der Waals surface area contributed by atoms with Crippen molar-refractivity contribution >= 4 is 5.91 Å². The second-order valence-corrected chi connectivity index (χ2v) is 7.98. The SMILES string of the molecule is C[C@H](Oc1ccc2c(c1)OCCn1cc(-c3ncnn3C(C)(C)C)nc1-2)C(N)=O. The maximum atomic E-state index is 11.3. The molecule has 3 aromatic rings. The number of carbonyl (C=O) groups excluding carboxylic acids is 1. The first kappa shape index (κ1) is 19.0. The third-order valence-corrected chi connectivity index (χ3v) is 4.69. The quantitative estimate of drug-likeness (QED) is 0.724. The van der Waals surface area contributed by atoms with Gasteiger partial charge in [-0.3, -0.25) is 4.79 Å². The van der Waals surface area contributed by atoms with E-state index < -0.39 is 12.0 Å². The number of primary amides is 1. The van der Waals surface area contributed by atoms with Gasteiger partial charge in [0.15, 0.2) is 11.9 Å². The van der Waals surface area contributed by atoms with Gasteiger partial charge in [0.05, 0.1) is 17.6 Å². The summed E-state index contributed by atoms with van der Waals surface area (Å²) in [4.78, 5) is 20.5. The molecule has 9 nitrogen and oxygen atoms in total. The molecule has 1 aliphatic heterocycles. The van der Waals surface area contributed by atoms with Crippen molar-refractivity contribution in [2.75, 3.05) is 6.61 Å². The van der Waals surface area contributed by atoms with Crippen LogP contribution in [0.2, 0.25) is 0 Å². The molecule has 1 atom stereocenters. The second kappa shape index (κ2) is 6.91. The monoisotopic (exact) mass is 396 g/mol. The van der Waals surface area contributed by atoms with Crippen LogP contribution < -0.4 is 15.2 Å². The standard InChI is InChI=1S/C20H24N6O3/c1-12(17(21)27)29-13-5-6-14-16(9-13)28-8-7-25-10-15(24-18(14)25)19-22-11-23-26(19)20(2,3)4/h5-6,9-12H,7-8H2,1-4H3,(H2,21,27)/t12-/m0/s1. The summed E-state index contributed by atoms with van der Waals surface area (Å²) < 4.78 is 15.4. The van der Waals surface area contributed by atoms with Gasteiger partial charge in [0.1, 0.15) is 36.0 Å². The molecule has 2 N–H and O–H groups in total. The summed E-state index contributed by atoms with van der Waals surface area (Å²) in [6, 6.07) is 5.42. The lowest BCUT2D eigenvalue weighted by atomic mass is 10.1. The predicted molar refractivity (Wildman–Crippen MR) is 106 cm³/mol. The number of amides is 1. The van der Waals surface area contributed by atoms with Gasteiger partial charge in [0, 0.05) is 12.3 Å². The molecule has 2 aromatic heterocycles. The van der Waals surface area contributed by atoms with Gasteiger partial charge < -0.3 is 19.8 Å². The molecule has 0 unspecified atom stereocenters. The van der Waals surface area contributed by atoms with Gasteiger partial charge in [-0.25, -0.2) is 14.6 Å². The highest BCUT2D eigenvalue weighted by molar-refractivity contribution is 5.78. The Labute approximate surface area is 168 Å². The van der Waals surface area contributed by atoms with E-state index in [1.54, 1.807) is 25.4 Å². The number of rotatable bonds is 4. The lowest BCUT2D eigenvalue weighted by Gasteiger charge is -2.20. The molecule has 0 saturated heterocycles. The summed E-state index contributed by atoms with van der Waals surface area (Å²) in [7, 11) is 0. The predicted octanol–water partition coefficient (Wildman–Crippen LogP) is 2.21. The summed E-state index contributed by atoms with van der Waals surface area (Å²) in [6.45, 7) is 8.96. The Morgan fingerprint density at radius 1 is 1.31 bits per heavy atom. The van der Waals surface area contributed by atoms with Crippen LogP contribution in [0.25, 0.3) is 22.9 Å². The molecule has 0 fully saturated rings. The molecule has 152 valence electrons. The first-order valence-corrected chi connectivity index (χ1v) is 9.45. The van der Waals surface area contributed by atoms with Crippen LogP contribution in [0.4, 0.5) is 0 Å². The fourth-order valence-corrected chi connectivity index (χ4v) is 3.21. The topological polar surface area (TPSA) is 110 Å². The molecule has 0 radical (unpaired) electrons. The Morgan fingerprint density at radius 2 is 2.10 bits per heavy atom. The van der Waals surface area contributed by atoms with Crippen LogP contribution in [0, 0.1) is 0 Å². The van der Waals surface area contributed by atoms with Crippen molar-refractivity contribution in [3.63, 3.8) is 0 Å². The summed E-state index contributed by atoms with van der Waals surface area (Å²) in [5.41, 5.74) is 6.66. The molecule has 29 heavy (non-hydrogen) atoms. The maximum Gasteiger partial charge on any atom is 0.258 e. The zero-order chi connectivity index (χ0) is 20.8. The number of benzene rings is 1. The van der Waals surface area contributed by atoms with E-state index in [4.69, 9.17) is 20.2 Å². The number of nitrogens with two attached hydrogens (primary N) is 1. The van der Waals surface area contributed by atoms with Gasteiger partial charge in [-0.2, -0.15) is 5.10 Å². The molecule has 0 saturated carbocycles. The molecule has 9 heteroatoms. The molecule has 0 spiro atoms. The van der Waals surface area contributed by atoms with Crippen molar-refractivity contribution in [2.45, 2.75) is 45.9 Å². The third kappa shape index (κ3) is 3.55. The molecule has 1 amide bonds. The summed E-state index contributed by atoms with van der Waals surface area (Å²) in [5, 5.41) is 4.36. The van der Waals surface area contributed by atoms with Crippen molar-refractivity contribution in [1.82, 2.24) is 24.3 Å². The van der Waals surface area contributed by atoms with E-state index >= 15 is 0 Å². The first-order chi connectivity index (χ1) is 13.7. The van der Waals surface area contributed by atoms with Crippen molar-refractivity contribution in [3.05, 3.63) is 30.7 Å². The highest BCUT2D eigenvalue weighted by Gasteiger charge is 2.25. The van der Waals surface area contributed by atoms with Crippen LogP contribution in [0.3, 0.4) is 0 Å². The van der Waals surface area contributed by atoms with Gasteiger partial charge in [-0.05, 0) is 39.8 Å². The van der Waals surface area contributed by atoms with Crippen LogP contribution in [-0.4, -0.2) is 42.9 Å². The largest absolute Gasteiger partial charge is 0.491 e. The Morgan fingerprint density at radius 3 is 2.83 bits per heavy atom. The van der Waals surface area contributed by atoms with Crippen LogP contribution in [0.15, 0.2) is 30.7 Å². The minimum Gasteiger partial charge on any atom is -0.491 e. The number of hydrogen-bond acceptors (Lipinski definition) is 6. The lowest BCUT2D eigenvalue weighted by molar-refractivity contribution is -0.123. The average molecular weight is 396 g/mol. The normalized spacial score (nSPS) is 14.3. The summed E-state index contributed by atoms with van der Waals surface area (Å²) in [6.07, 6.45) is 2.79. The maximum absolute atomic E-state index is 11.3. The summed E-state index contributed by atoms with van der Waals surface area (Å²) >= 11 is 0. The van der Waals surface area contributed by atoms with E-state index in [-0.39, 0.29) is 5.54 Å². The van der Waals surface area contributed by atoms with Gasteiger partial charge in [0.25, 0.3) is 5.91 Å². The van der Waals surface area contributed by atoms with Crippen molar-refractivity contribution < 1.29 is 14.3 Å². The van der Waals surface area contributed by atoms with Crippen molar-refractivity contribution in [2.24, 2.45) is 5.73 Å². The van der Waals surface area contributed by atoms with E-state index in [9.17, 15) is 4.79 Å². The smallest absolute Gasteiger partial charge is 0.258 e. The van der Waals surface area contributed by atoms with E-state index in [1.165, 1.54) is 0 Å². The molecular weight excluding hydrogens is 372 g/mol. The Balaban J connectivity index is 1.73. The first-order valence-electron chi connectivity index (χ1n) is 9.45. The van der Waals surface area contributed by atoms with Crippen LogP contribution >= 0.6 is 0 Å². The highest BCUT2D eigenvalue weighted by atomic mass is 16.5. The molecule has 1 aliphatic rings. The second-order valence-electron chi connectivity index (χ2n) is 7.98. The number of imidazole rings is 1. The van der Waals surface area contributed by atoms with Crippen molar-refractivity contribution in [3.8, 4) is 34.4 Å². The number of carbonyl (C=O) groups is 1. The van der Waals surface area contributed by atoms with E-state index in [0.717, 1.165) is 22.9 Å². The van der Waals surface area contributed by atoms with Crippen LogP contribution in [0.1, 0.15) is 27.7 Å². The number of ether oxygens (including phenoxy) is 2. The van der Waals surface area contributed by atoms with Crippen LogP contribution in [0.5, 0.6) is 11.5 Å². The summed E-state index contributed by atoms with van der Waals surface area (Å²) in [5.74, 6) is 2.14. The van der Waals surface area contributed by atoms with Gasteiger partial charge in [0.2, 0.25) is 0 Å². The Bertz CT molecular complexity index is 1060. The van der Waals surface area contributed by atoms with Gasteiger partial charge in [-0.1, -0.05) is 0 Å². The van der Waals surface area contributed by atoms with Gasteiger partial charge in [-0.15, -0.1) is 0 Å². The zero-order valence-electron chi connectivity index (χ0n) is 16.9. The average Bonchev–Trinajstić information content (AvgIpc) is 3.26. The highest BCUT2D eigenvalue weighted by Crippen LogP contribution is 2.36. The van der Waals surface area contributed by atoms with Crippen LogP contribution in [-0.2, 0) is 16.9 Å². The molecule has 0 bridgehead atoms. The lowest BCUT2D eigenvalue weighted by Crippen LogP contribution is -2.30. The van der Waals surface area contributed by atoms with Gasteiger partial charge >= 0.3 is 0 Å². The zero-order valence-corrected chi connectivity index (χ0v) is 16.9. The molecular formula is C20H24N6O3. The minimum atomic E-state index is -0.726. The number of aromatic nitrogens is 5. The van der Waals surface area contributed by atoms with Crippen molar-refractivity contribution in [1.29, 1.82) is 0 Å². The van der Waals surface area contributed by atoms with E-state index in [0.29, 0.717) is 24.7 Å². The fraction of sp³-hybridized carbons (Fsp3) is 0.400.